The molecular weight excluding hydrogens is 338 g/mol. The van der Waals surface area contributed by atoms with Crippen molar-refractivity contribution in [2.45, 2.75) is 50.4 Å². The number of benzene rings is 1. The summed E-state index contributed by atoms with van der Waals surface area (Å²) < 4.78 is 5.50. The van der Waals surface area contributed by atoms with E-state index < -0.39 is 0 Å². The lowest BCUT2D eigenvalue weighted by Gasteiger charge is -2.38. The van der Waals surface area contributed by atoms with E-state index in [2.05, 4.69) is 15.5 Å². The zero-order chi connectivity index (χ0) is 17.2. The van der Waals surface area contributed by atoms with Gasteiger partial charge >= 0.3 is 6.03 Å². The molecule has 2 aliphatic rings. The van der Waals surface area contributed by atoms with E-state index in [0.29, 0.717) is 22.8 Å². The average Bonchev–Trinajstić information content (AvgIpc) is 3.15. The Labute approximate surface area is 152 Å². The van der Waals surface area contributed by atoms with Crippen molar-refractivity contribution in [1.29, 1.82) is 0 Å². The van der Waals surface area contributed by atoms with Gasteiger partial charge in [0.05, 0.1) is 12.8 Å². The third-order valence-corrected chi connectivity index (χ3v) is 5.46. The van der Waals surface area contributed by atoms with Crippen molar-refractivity contribution in [3.63, 3.8) is 0 Å². The van der Waals surface area contributed by atoms with Gasteiger partial charge in [-0.2, -0.15) is 0 Å². The summed E-state index contributed by atoms with van der Waals surface area (Å²) in [5, 5.41) is 6.60. The van der Waals surface area contributed by atoms with Crippen molar-refractivity contribution in [3.8, 4) is 0 Å². The smallest absolute Gasteiger partial charge is 0.319 e. The zero-order valence-corrected chi connectivity index (χ0v) is 14.7. The Hall–Kier alpha value is -1.98. The molecule has 1 unspecified atom stereocenters. The summed E-state index contributed by atoms with van der Waals surface area (Å²) in [6.45, 7) is 0.865. The van der Waals surface area contributed by atoms with Crippen LogP contribution in [0.5, 0.6) is 0 Å². The van der Waals surface area contributed by atoms with E-state index in [1.54, 1.807) is 18.4 Å². The van der Waals surface area contributed by atoms with Crippen LogP contribution in [0.25, 0.3) is 0 Å². The van der Waals surface area contributed by atoms with E-state index in [1.165, 1.54) is 12.8 Å². The van der Waals surface area contributed by atoms with Crippen molar-refractivity contribution in [3.05, 3.63) is 53.4 Å². The van der Waals surface area contributed by atoms with Crippen LogP contribution in [0.4, 0.5) is 10.5 Å². The van der Waals surface area contributed by atoms with Gasteiger partial charge in [0.2, 0.25) is 0 Å². The van der Waals surface area contributed by atoms with Crippen LogP contribution >= 0.6 is 11.6 Å². The first-order chi connectivity index (χ1) is 12.2. The fourth-order valence-corrected chi connectivity index (χ4v) is 4.34. The van der Waals surface area contributed by atoms with Gasteiger partial charge in [0.15, 0.2) is 0 Å². The molecule has 2 amide bonds. The van der Waals surface area contributed by atoms with Crippen LogP contribution < -0.4 is 10.6 Å². The van der Waals surface area contributed by atoms with Crippen LogP contribution in [-0.2, 0) is 6.54 Å². The van der Waals surface area contributed by atoms with E-state index in [1.807, 2.05) is 24.3 Å². The molecule has 0 saturated carbocycles. The highest BCUT2D eigenvalue weighted by atomic mass is 35.5. The number of nitrogens with zero attached hydrogens (tertiary/aromatic N) is 1. The predicted octanol–water partition coefficient (Wildman–Crippen LogP) is 4.25. The first-order valence-electron chi connectivity index (χ1n) is 8.78. The highest BCUT2D eigenvalue weighted by molar-refractivity contribution is 6.30. The van der Waals surface area contributed by atoms with Crippen molar-refractivity contribution < 1.29 is 9.21 Å². The lowest BCUT2D eigenvalue weighted by atomic mass is 9.97. The van der Waals surface area contributed by atoms with Gasteiger partial charge in [0, 0.05) is 28.8 Å². The zero-order valence-electron chi connectivity index (χ0n) is 14.0. The molecule has 0 aliphatic carbocycles. The van der Waals surface area contributed by atoms with Gasteiger partial charge in [-0.15, -0.1) is 0 Å². The molecule has 0 radical (unpaired) electrons. The number of fused-ring (bicyclic) bond motifs is 2. The molecule has 2 fully saturated rings. The van der Waals surface area contributed by atoms with Crippen LogP contribution in [0.15, 0.2) is 47.1 Å². The summed E-state index contributed by atoms with van der Waals surface area (Å²) in [5.41, 5.74) is 0.711. The third kappa shape index (κ3) is 3.83. The van der Waals surface area contributed by atoms with Gasteiger partial charge in [-0.3, -0.25) is 4.90 Å². The number of hydrogen-bond acceptors (Lipinski definition) is 3. The molecule has 2 bridgehead atoms. The van der Waals surface area contributed by atoms with Crippen molar-refractivity contribution >= 4 is 23.3 Å². The highest BCUT2D eigenvalue weighted by Crippen LogP contribution is 2.36. The van der Waals surface area contributed by atoms with E-state index in [0.717, 1.165) is 25.1 Å². The predicted molar refractivity (Wildman–Crippen MR) is 97.7 cm³/mol. The molecule has 3 atom stereocenters. The van der Waals surface area contributed by atoms with E-state index in [4.69, 9.17) is 16.0 Å². The lowest BCUT2D eigenvalue weighted by Crippen LogP contribution is -2.50. The maximum atomic E-state index is 12.3. The molecule has 0 spiro atoms. The topological polar surface area (TPSA) is 57.5 Å². The van der Waals surface area contributed by atoms with Crippen molar-refractivity contribution in [1.82, 2.24) is 10.2 Å². The molecule has 3 heterocycles. The Morgan fingerprint density at radius 1 is 1.20 bits per heavy atom. The Bertz CT molecular complexity index is 720. The van der Waals surface area contributed by atoms with E-state index in [9.17, 15) is 4.79 Å². The molecular formula is C19H22ClN3O2. The number of hydrogen-bond donors (Lipinski definition) is 2. The number of urea groups is 1. The molecule has 6 heteroatoms. The number of carbonyl (C=O) groups is 1. The molecule has 2 aliphatic heterocycles. The highest BCUT2D eigenvalue weighted by Gasteiger charge is 2.41. The number of nitrogens with one attached hydrogen (secondary N) is 2. The molecule has 1 aromatic carbocycles. The summed E-state index contributed by atoms with van der Waals surface area (Å²) in [5.74, 6) is 1.02. The molecule has 4 rings (SSSR count). The van der Waals surface area contributed by atoms with Gasteiger partial charge < -0.3 is 15.1 Å². The maximum Gasteiger partial charge on any atom is 0.319 e. The van der Waals surface area contributed by atoms with Crippen LogP contribution in [0.2, 0.25) is 5.02 Å². The SMILES string of the molecule is O=C(Nc1cccc(Cl)c1)NC1C[C@H]2CC[C@@H](C1)N2Cc1ccco1. The minimum Gasteiger partial charge on any atom is -0.468 e. The minimum absolute atomic E-state index is 0.161. The second-order valence-corrected chi connectivity index (χ2v) is 7.35. The first-order valence-corrected chi connectivity index (χ1v) is 9.16. The maximum absolute atomic E-state index is 12.3. The Morgan fingerprint density at radius 2 is 2.00 bits per heavy atom. The number of halogens is 1. The summed E-state index contributed by atoms with van der Waals surface area (Å²) in [6.07, 6.45) is 6.09. The summed E-state index contributed by atoms with van der Waals surface area (Å²) in [7, 11) is 0. The van der Waals surface area contributed by atoms with Gasteiger partial charge in [-0.1, -0.05) is 17.7 Å². The molecule has 132 valence electrons. The second kappa shape index (κ2) is 7.10. The number of anilines is 1. The fourth-order valence-electron chi connectivity index (χ4n) is 4.15. The van der Waals surface area contributed by atoms with Gasteiger partial charge in [0.25, 0.3) is 0 Å². The van der Waals surface area contributed by atoms with Crippen LogP contribution in [0.1, 0.15) is 31.4 Å². The van der Waals surface area contributed by atoms with Gasteiger partial charge in [0.1, 0.15) is 5.76 Å². The van der Waals surface area contributed by atoms with Crippen molar-refractivity contribution in [2.24, 2.45) is 0 Å². The first kappa shape index (κ1) is 16.5. The monoisotopic (exact) mass is 359 g/mol. The average molecular weight is 360 g/mol. The summed E-state index contributed by atoms with van der Waals surface area (Å²) in [4.78, 5) is 14.8. The van der Waals surface area contributed by atoms with Crippen LogP contribution in [0, 0.1) is 0 Å². The Balaban J connectivity index is 1.32. The summed E-state index contributed by atoms with van der Waals surface area (Å²) >= 11 is 5.96. The van der Waals surface area contributed by atoms with Crippen LogP contribution in [-0.4, -0.2) is 29.1 Å². The van der Waals surface area contributed by atoms with E-state index >= 15 is 0 Å². The number of carbonyl (C=O) groups excluding carboxylic acids is 1. The Kier molecular flexibility index (Phi) is 4.68. The molecule has 25 heavy (non-hydrogen) atoms. The van der Waals surface area contributed by atoms with Gasteiger partial charge in [-0.25, -0.2) is 4.79 Å². The standard InChI is InChI=1S/C19H22ClN3O2/c20-13-3-1-4-14(9-13)21-19(24)22-15-10-16-6-7-17(11-15)23(16)12-18-5-2-8-25-18/h1-5,8-9,15-17H,6-7,10-12H2,(H2,21,22,24)/t15?,16-,17+. The minimum atomic E-state index is -0.161. The molecule has 2 saturated heterocycles. The number of furan rings is 1. The fraction of sp³-hybridized carbons (Fsp3) is 0.421. The Morgan fingerprint density at radius 3 is 2.68 bits per heavy atom. The van der Waals surface area contributed by atoms with E-state index in [-0.39, 0.29) is 12.1 Å². The summed E-state index contributed by atoms with van der Waals surface area (Å²) in [6, 6.07) is 12.2. The lowest BCUT2D eigenvalue weighted by molar-refractivity contribution is 0.104. The normalized spacial score (nSPS) is 25.7. The number of amides is 2. The van der Waals surface area contributed by atoms with Crippen molar-refractivity contribution in [2.75, 3.05) is 5.32 Å². The van der Waals surface area contributed by atoms with Crippen LogP contribution in [0.3, 0.4) is 0 Å². The molecule has 2 N–H and O–H groups in total. The molecule has 1 aromatic heterocycles. The largest absolute Gasteiger partial charge is 0.468 e. The third-order valence-electron chi connectivity index (χ3n) is 5.22. The number of piperidine rings is 1. The molecule has 5 nitrogen and oxygen atoms in total. The quantitative estimate of drug-likeness (QED) is 0.858. The second-order valence-electron chi connectivity index (χ2n) is 6.91. The molecule has 2 aromatic rings. The van der Waals surface area contributed by atoms with Gasteiger partial charge in [-0.05, 0) is 56.0 Å². The number of rotatable bonds is 4.